The molecule has 0 aliphatic carbocycles. The minimum absolute atomic E-state index is 0.0754. The number of benzene rings is 1. The topological polar surface area (TPSA) is 67.5 Å². The largest absolute Gasteiger partial charge is 0.363 e. The highest BCUT2D eigenvalue weighted by Gasteiger charge is 2.08. The Bertz CT molecular complexity index is 375. The molecule has 0 saturated heterocycles. The molecule has 0 bridgehead atoms. The third-order valence-electron chi connectivity index (χ3n) is 1.69. The van der Waals surface area contributed by atoms with Crippen molar-refractivity contribution in [2.45, 2.75) is 13.3 Å². The lowest BCUT2D eigenvalue weighted by atomic mass is 10.3. The Morgan fingerprint density at radius 1 is 1.53 bits per heavy atom. The minimum Gasteiger partial charge on any atom is -0.358 e. The molecule has 0 spiro atoms. The molecular formula is C9H10IN3O2. The van der Waals surface area contributed by atoms with Crippen molar-refractivity contribution in [3.63, 3.8) is 0 Å². The van der Waals surface area contributed by atoms with Crippen molar-refractivity contribution in [2.24, 2.45) is 5.10 Å². The summed E-state index contributed by atoms with van der Waals surface area (Å²) in [6.45, 7) is 1.69. The van der Waals surface area contributed by atoms with E-state index < -0.39 is 4.92 Å². The third-order valence-corrected chi connectivity index (χ3v) is 2.40. The Kier molecular flexibility index (Phi) is 4.47. The molecule has 0 aliphatic heterocycles. The lowest BCUT2D eigenvalue weighted by Crippen LogP contribution is -2.12. The number of nitrogens with one attached hydrogen (secondary N) is 1. The highest BCUT2D eigenvalue weighted by molar-refractivity contribution is 14.1. The smallest absolute Gasteiger partial charge is 0.358 e. The molecule has 5 nitrogen and oxygen atoms in total. The fourth-order valence-corrected chi connectivity index (χ4v) is 1.26. The third kappa shape index (κ3) is 3.82. The molecule has 0 aromatic heterocycles. The van der Waals surface area contributed by atoms with Crippen LogP contribution in [0.2, 0.25) is 0 Å². The SMILES string of the molecule is CC/C(=N\Nc1ccc(I)cc1)[N+](=O)[O-]. The molecule has 0 saturated carbocycles. The minimum atomic E-state index is -0.486. The van der Waals surface area contributed by atoms with Crippen molar-refractivity contribution in [2.75, 3.05) is 5.43 Å². The zero-order valence-corrected chi connectivity index (χ0v) is 10.3. The van der Waals surface area contributed by atoms with Gasteiger partial charge in [0.05, 0.1) is 17.2 Å². The summed E-state index contributed by atoms with van der Waals surface area (Å²) in [5.41, 5.74) is 3.39. The van der Waals surface area contributed by atoms with E-state index in [1.165, 1.54) is 0 Å². The molecular weight excluding hydrogens is 309 g/mol. The van der Waals surface area contributed by atoms with Crippen molar-refractivity contribution >= 4 is 34.1 Å². The summed E-state index contributed by atoms with van der Waals surface area (Å²) in [6, 6.07) is 7.43. The average molecular weight is 319 g/mol. The van der Waals surface area contributed by atoms with Gasteiger partial charge in [-0.05, 0) is 51.8 Å². The lowest BCUT2D eigenvalue weighted by molar-refractivity contribution is -0.353. The molecule has 0 amide bonds. The molecule has 1 N–H and O–H groups in total. The number of nitrogens with zero attached hydrogens (tertiary/aromatic N) is 2. The number of hydrogen-bond acceptors (Lipinski definition) is 4. The van der Waals surface area contributed by atoms with Gasteiger partial charge >= 0.3 is 5.84 Å². The predicted octanol–water partition coefficient (Wildman–Crippen LogP) is 2.70. The van der Waals surface area contributed by atoms with Crippen LogP contribution in [0.4, 0.5) is 5.69 Å². The van der Waals surface area contributed by atoms with Gasteiger partial charge in [0, 0.05) is 3.57 Å². The van der Waals surface area contributed by atoms with Crippen LogP contribution in [0.3, 0.4) is 0 Å². The first kappa shape index (κ1) is 11.9. The van der Waals surface area contributed by atoms with E-state index >= 15 is 0 Å². The van der Waals surface area contributed by atoms with Gasteiger partial charge in [0.15, 0.2) is 0 Å². The summed E-state index contributed by atoms with van der Waals surface area (Å²) in [7, 11) is 0. The number of amidine groups is 1. The lowest BCUT2D eigenvalue weighted by Gasteiger charge is -1.97. The first-order valence-electron chi connectivity index (χ1n) is 4.36. The van der Waals surface area contributed by atoms with E-state index in [1.807, 2.05) is 24.3 Å². The van der Waals surface area contributed by atoms with E-state index in [0.717, 1.165) is 9.26 Å². The normalized spacial score (nSPS) is 11.2. The molecule has 15 heavy (non-hydrogen) atoms. The van der Waals surface area contributed by atoms with Gasteiger partial charge in [0.25, 0.3) is 0 Å². The first-order chi connectivity index (χ1) is 7.13. The maximum absolute atomic E-state index is 10.4. The van der Waals surface area contributed by atoms with Gasteiger partial charge in [-0.15, -0.1) is 0 Å². The molecule has 80 valence electrons. The van der Waals surface area contributed by atoms with Gasteiger partial charge < -0.3 is 10.1 Å². The van der Waals surface area contributed by atoms with Crippen molar-refractivity contribution in [1.29, 1.82) is 0 Å². The monoisotopic (exact) mass is 319 g/mol. The van der Waals surface area contributed by atoms with Crippen LogP contribution in [0.5, 0.6) is 0 Å². The summed E-state index contributed by atoms with van der Waals surface area (Å²) in [4.78, 5) is 9.95. The van der Waals surface area contributed by atoms with E-state index in [0.29, 0.717) is 6.42 Å². The Morgan fingerprint density at radius 2 is 2.13 bits per heavy atom. The molecule has 0 heterocycles. The standard InChI is InChI=1S/C9H10IN3O2/c1-2-9(13(14)15)12-11-8-5-3-7(10)4-6-8/h3-6,11H,2H2,1H3/b12-9+. The van der Waals surface area contributed by atoms with Crippen molar-refractivity contribution in [3.8, 4) is 0 Å². The molecule has 0 atom stereocenters. The summed E-state index contributed by atoms with van der Waals surface area (Å²) in [5.74, 6) is -0.0754. The van der Waals surface area contributed by atoms with Gasteiger partial charge in [0.1, 0.15) is 0 Å². The fraction of sp³-hybridized carbons (Fsp3) is 0.222. The van der Waals surface area contributed by atoms with E-state index in [9.17, 15) is 10.1 Å². The fourth-order valence-electron chi connectivity index (χ4n) is 0.902. The van der Waals surface area contributed by atoms with Crippen molar-refractivity contribution in [1.82, 2.24) is 0 Å². The number of hydrogen-bond donors (Lipinski definition) is 1. The van der Waals surface area contributed by atoms with Gasteiger partial charge in [-0.1, -0.05) is 6.92 Å². The summed E-state index contributed by atoms with van der Waals surface area (Å²) >= 11 is 2.18. The van der Waals surface area contributed by atoms with Crippen LogP contribution in [-0.4, -0.2) is 10.8 Å². The predicted molar refractivity (Wildman–Crippen MR) is 67.5 cm³/mol. The van der Waals surface area contributed by atoms with Crippen LogP contribution in [0, 0.1) is 13.7 Å². The molecule has 0 unspecified atom stereocenters. The molecule has 1 aromatic carbocycles. The van der Waals surface area contributed by atoms with Crippen LogP contribution >= 0.6 is 22.6 Å². The van der Waals surface area contributed by atoms with E-state index in [4.69, 9.17) is 0 Å². The van der Waals surface area contributed by atoms with E-state index in [2.05, 4.69) is 33.1 Å². The number of halogens is 1. The van der Waals surface area contributed by atoms with Crippen molar-refractivity contribution < 1.29 is 4.92 Å². The first-order valence-corrected chi connectivity index (χ1v) is 5.44. The van der Waals surface area contributed by atoms with Gasteiger partial charge in [-0.3, -0.25) is 0 Å². The highest BCUT2D eigenvalue weighted by atomic mass is 127. The van der Waals surface area contributed by atoms with Gasteiger partial charge in [-0.25, -0.2) is 0 Å². The Labute approximate surface area is 101 Å². The molecule has 0 radical (unpaired) electrons. The summed E-state index contributed by atoms with van der Waals surface area (Å²) in [6.07, 6.45) is 0.296. The molecule has 1 aromatic rings. The van der Waals surface area contributed by atoms with Crippen molar-refractivity contribution in [3.05, 3.63) is 37.9 Å². The van der Waals surface area contributed by atoms with E-state index in [1.54, 1.807) is 6.92 Å². The number of nitro groups is 1. The zero-order valence-electron chi connectivity index (χ0n) is 8.11. The average Bonchev–Trinajstić information content (AvgIpc) is 2.21. The van der Waals surface area contributed by atoms with Gasteiger partial charge in [-0.2, -0.15) is 5.43 Å². The Hall–Kier alpha value is -1.18. The summed E-state index contributed by atoms with van der Waals surface area (Å²) in [5, 5.41) is 14.1. The molecule has 6 heteroatoms. The van der Waals surface area contributed by atoms with E-state index in [-0.39, 0.29) is 5.84 Å². The zero-order chi connectivity index (χ0) is 11.3. The maximum atomic E-state index is 10.4. The number of hydrazone groups is 1. The van der Waals surface area contributed by atoms with Crippen LogP contribution in [-0.2, 0) is 0 Å². The van der Waals surface area contributed by atoms with Gasteiger partial charge in [0.2, 0.25) is 0 Å². The van der Waals surface area contributed by atoms with Crippen LogP contribution in [0.25, 0.3) is 0 Å². The van der Waals surface area contributed by atoms with Crippen LogP contribution in [0.1, 0.15) is 13.3 Å². The number of rotatable bonds is 3. The molecule has 0 aliphatic rings. The Balaban J connectivity index is 2.70. The highest BCUT2D eigenvalue weighted by Crippen LogP contribution is 2.11. The molecule has 1 rings (SSSR count). The Morgan fingerprint density at radius 3 is 2.60 bits per heavy atom. The second kappa shape index (κ2) is 5.64. The maximum Gasteiger partial charge on any atom is 0.363 e. The number of anilines is 1. The second-order valence-electron chi connectivity index (χ2n) is 2.76. The quantitative estimate of drug-likeness (QED) is 0.306. The van der Waals surface area contributed by atoms with Crippen LogP contribution < -0.4 is 5.43 Å². The summed E-state index contributed by atoms with van der Waals surface area (Å²) < 4.78 is 1.10. The van der Waals surface area contributed by atoms with Crippen LogP contribution in [0.15, 0.2) is 29.4 Å². The molecule has 0 fully saturated rings. The second-order valence-corrected chi connectivity index (χ2v) is 4.00.